The second-order valence-electron chi connectivity index (χ2n) is 4.05. The second kappa shape index (κ2) is 5.65. The van der Waals surface area contributed by atoms with Crippen molar-refractivity contribution in [3.8, 4) is 0 Å². The maximum atomic E-state index is 11.4. The number of carbonyl (C=O) groups excluding carboxylic acids is 1. The first-order chi connectivity index (χ1) is 7.54. The third kappa shape index (κ3) is 3.34. The third-order valence-corrected chi connectivity index (χ3v) is 2.99. The Kier molecular flexibility index (Phi) is 4.49. The summed E-state index contributed by atoms with van der Waals surface area (Å²) in [4.78, 5) is 25.5. The van der Waals surface area contributed by atoms with Crippen molar-refractivity contribution >= 4 is 11.9 Å². The Balaban J connectivity index is 2.39. The van der Waals surface area contributed by atoms with Crippen LogP contribution < -0.4 is 0 Å². The Morgan fingerprint density at radius 2 is 2.06 bits per heavy atom. The van der Waals surface area contributed by atoms with E-state index in [0.29, 0.717) is 0 Å². The number of hydrogen-bond donors (Lipinski definition) is 1. The second-order valence-corrected chi connectivity index (χ2v) is 4.05. The van der Waals surface area contributed by atoms with Crippen molar-refractivity contribution in [2.75, 3.05) is 26.7 Å². The van der Waals surface area contributed by atoms with Gasteiger partial charge in [-0.05, 0) is 18.9 Å². The minimum absolute atomic E-state index is 0.0725. The predicted octanol–water partition coefficient (Wildman–Crippen LogP) is 0.180. The SMILES string of the molecule is C=CC(=O)N(C)C1CCN(CC(=O)O)CC1. The Hall–Kier alpha value is -1.36. The van der Waals surface area contributed by atoms with E-state index in [4.69, 9.17) is 5.11 Å². The van der Waals surface area contributed by atoms with Gasteiger partial charge in [0, 0.05) is 26.2 Å². The summed E-state index contributed by atoms with van der Waals surface area (Å²) in [6.07, 6.45) is 2.95. The smallest absolute Gasteiger partial charge is 0.317 e. The molecule has 1 amide bonds. The van der Waals surface area contributed by atoms with Crippen LogP contribution in [0, 0.1) is 0 Å². The molecule has 0 unspecified atom stereocenters. The monoisotopic (exact) mass is 226 g/mol. The number of piperidine rings is 1. The van der Waals surface area contributed by atoms with Gasteiger partial charge in [-0.15, -0.1) is 0 Å². The van der Waals surface area contributed by atoms with E-state index in [1.165, 1.54) is 6.08 Å². The lowest BCUT2D eigenvalue weighted by atomic mass is 10.0. The van der Waals surface area contributed by atoms with Crippen LogP contribution in [0.4, 0.5) is 0 Å². The molecular formula is C11H18N2O3. The highest BCUT2D eigenvalue weighted by molar-refractivity contribution is 5.87. The van der Waals surface area contributed by atoms with E-state index in [0.717, 1.165) is 25.9 Å². The highest BCUT2D eigenvalue weighted by Crippen LogP contribution is 2.15. The minimum atomic E-state index is -0.797. The lowest BCUT2D eigenvalue weighted by molar-refractivity contribution is -0.139. The molecule has 0 spiro atoms. The highest BCUT2D eigenvalue weighted by atomic mass is 16.4. The molecule has 1 heterocycles. The van der Waals surface area contributed by atoms with Crippen LogP contribution in [0.15, 0.2) is 12.7 Å². The summed E-state index contributed by atoms with van der Waals surface area (Å²) in [6.45, 7) is 5.00. The van der Waals surface area contributed by atoms with Crippen LogP contribution in [-0.2, 0) is 9.59 Å². The average molecular weight is 226 g/mol. The molecule has 1 N–H and O–H groups in total. The van der Waals surface area contributed by atoms with Gasteiger partial charge >= 0.3 is 5.97 Å². The third-order valence-electron chi connectivity index (χ3n) is 2.99. The van der Waals surface area contributed by atoms with E-state index in [-0.39, 0.29) is 18.5 Å². The summed E-state index contributed by atoms with van der Waals surface area (Å²) in [7, 11) is 1.77. The highest BCUT2D eigenvalue weighted by Gasteiger charge is 2.24. The summed E-state index contributed by atoms with van der Waals surface area (Å²) in [6, 6.07) is 0.204. The van der Waals surface area contributed by atoms with Crippen molar-refractivity contribution < 1.29 is 14.7 Å². The molecule has 0 aromatic rings. The van der Waals surface area contributed by atoms with Crippen LogP contribution in [0.1, 0.15) is 12.8 Å². The van der Waals surface area contributed by atoms with Crippen LogP contribution >= 0.6 is 0 Å². The topological polar surface area (TPSA) is 60.9 Å². The normalized spacial score (nSPS) is 18.1. The van der Waals surface area contributed by atoms with Gasteiger partial charge in [0.2, 0.25) is 5.91 Å². The molecule has 0 saturated carbocycles. The zero-order valence-corrected chi connectivity index (χ0v) is 9.56. The molecule has 5 heteroatoms. The van der Waals surface area contributed by atoms with Gasteiger partial charge in [-0.1, -0.05) is 6.58 Å². The molecule has 1 rings (SSSR count). The zero-order chi connectivity index (χ0) is 12.1. The summed E-state index contributed by atoms with van der Waals surface area (Å²) < 4.78 is 0. The average Bonchev–Trinajstić information content (AvgIpc) is 2.27. The first kappa shape index (κ1) is 12.7. The Morgan fingerprint density at radius 3 is 2.50 bits per heavy atom. The maximum absolute atomic E-state index is 11.4. The number of carboxylic acids is 1. The molecule has 90 valence electrons. The first-order valence-electron chi connectivity index (χ1n) is 5.38. The number of aliphatic carboxylic acids is 1. The summed E-state index contributed by atoms with van der Waals surface area (Å²) in [5.41, 5.74) is 0. The van der Waals surface area contributed by atoms with Crippen LogP contribution in [0.25, 0.3) is 0 Å². The molecule has 0 bridgehead atoms. The number of likely N-dealkylation sites (tertiary alicyclic amines) is 1. The molecule has 1 saturated heterocycles. The Labute approximate surface area is 95.3 Å². The molecule has 0 aromatic carbocycles. The number of carbonyl (C=O) groups is 2. The van der Waals surface area contributed by atoms with Crippen LogP contribution in [0.3, 0.4) is 0 Å². The number of nitrogens with zero attached hydrogens (tertiary/aromatic N) is 2. The summed E-state index contributed by atoms with van der Waals surface area (Å²) in [5, 5.41) is 8.65. The van der Waals surface area contributed by atoms with Gasteiger partial charge < -0.3 is 10.0 Å². The van der Waals surface area contributed by atoms with Crippen LogP contribution in [-0.4, -0.2) is 59.5 Å². The largest absolute Gasteiger partial charge is 0.480 e. The molecular weight excluding hydrogens is 208 g/mol. The van der Waals surface area contributed by atoms with E-state index in [9.17, 15) is 9.59 Å². The molecule has 1 fully saturated rings. The number of likely N-dealkylation sites (N-methyl/N-ethyl adjacent to an activating group) is 1. The summed E-state index contributed by atoms with van der Waals surface area (Å²) >= 11 is 0. The zero-order valence-electron chi connectivity index (χ0n) is 9.56. The molecule has 0 radical (unpaired) electrons. The maximum Gasteiger partial charge on any atom is 0.317 e. The van der Waals surface area contributed by atoms with Gasteiger partial charge in [0.25, 0.3) is 0 Å². The fourth-order valence-electron chi connectivity index (χ4n) is 1.98. The van der Waals surface area contributed by atoms with Crippen molar-refractivity contribution in [1.82, 2.24) is 9.80 Å². The minimum Gasteiger partial charge on any atom is -0.480 e. The lowest BCUT2D eigenvalue weighted by Gasteiger charge is -2.35. The molecule has 0 aromatic heterocycles. The fourth-order valence-corrected chi connectivity index (χ4v) is 1.98. The molecule has 0 atom stereocenters. The molecule has 5 nitrogen and oxygen atoms in total. The van der Waals surface area contributed by atoms with Crippen molar-refractivity contribution in [2.45, 2.75) is 18.9 Å². The van der Waals surface area contributed by atoms with Gasteiger partial charge in [-0.3, -0.25) is 14.5 Å². The van der Waals surface area contributed by atoms with Crippen LogP contribution in [0.5, 0.6) is 0 Å². The number of amides is 1. The van der Waals surface area contributed by atoms with Crippen molar-refractivity contribution in [3.63, 3.8) is 0 Å². The number of rotatable bonds is 4. The van der Waals surface area contributed by atoms with Gasteiger partial charge in [0.1, 0.15) is 0 Å². The fraction of sp³-hybridized carbons (Fsp3) is 0.636. The van der Waals surface area contributed by atoms with Crippen molar-refractivity contribution in [1.29, 1.82) is 0 Å². The predicted molar refractivity (Wildman–Crippen MR) is 60.1 cm³/mol. The van der Waals surface area contributed by atoms with Crippen molar-refractivity contribution in [2.24, 2.45) is 0 Å². The van der Waals surface area contributed by atoms with Gasteiger partial charge in [0.15, 0.2) is 0 Å². The standard InChI is InChI=1S/C11H18N2O3/c1-3-10(14)12(2)9-4-6-13(7-5-9)8-11(15)16/h3,9H,1,4-8H2,2H3,(H,15,16). The molecule has 1 aliphatic heterocycles. The number of carboxylic acid groups (broad SMARTS) is 1. The van der Waals surface area contributed by atoms with Crippen molar-refractivity contribution in [3.05, 3.63) is 12.7 Å². The van der Waals surface area contributed by atoms with E-state index in [1.807, 2.05) is 4.90 Å². The molecule has 1 aliphatic rings. The number of hydrogen-bond acceptors (Lipinski definition) is 3. The molecule has 16 heavy (non-hydrogen) atoms. The van der Waals surface area contributed by atoms with E-state index in [1.54, 1.807) is 11.9 Å². The Bertz CT molecular complexity index is 283. The molecule has 0 aliphatic carbocycles. The first-order valence-corrected chi connectivity index (χ1v) is 5.38. The van der Waals surface area contributed by atoms with E-state index < -0.39 is 5.97 Å². The van der Waals surface area contributed by atoms with Gasteiger partial charge in [-0.25, -0.2) is 0 Å². The quantitative estimate of drug-likeness (QED) is 0.695. The van der Waals surface area contributed by atoms with Gasteiger partial charge in [0.05, 0.1) is 6.54 Å². The Morgan fingerprint density at radius 1 is 1.50 bits per heavy atom. The van der Waals surface area contributed by atoms with E-state index in [2.05, 4.69) is 6.58 Å². The summed E-state index contributed by atoms with van der Waals surface area (Å²) in [5.74, 6) is -0.870. The van der Waals surface area contributed by atoms with Gasteiger partial charge in [-0.2, -0.15) is 0 Å². The lowest BCUT2D eigenvalue weighted by Crippen LogP contribution is -2.46. The van der Waals surface area contributed by atoms with Crippen LogP contribution in [0.2, 0.25) is 0 Å². The van der Waals surface area contributed by atoms with E-state index >= 15 is 0 Å².